The molecule has 0 bridgehead atoms. The van der Waals surface area contributed by atoms with Crippen molar-refractivity contribution in [2.75, 3.05) is 19.6 Å². The molecule has 1 aromatic rings. The number of hydrogen-bond acceptors (Lipinski definition) is 2. The molecule has 1 aliphatic rings. The number of nitrogens with one attached hydrogen (secondary N) is 1. The van der Waals surface area contributed by atoms with E-state index in [2.05, 4.69) is 48.3 Å². The van der Waals surface area contributed by atoms with E-state index < -0.39 is 0 Å². The van der Waals surface area contributed by atoms with Crippen molar-refractivity contribution in [3.63, 3.8) is 0 Å². The lowest BCUT2D eigenvalue weighted by molar-refractivity contribution is 0.191. The molecule has 0 aliphatic carbocycles. The van der Waals surface area contributed by atoms with Gasteiger partial charge in [-0.3, -0.25) is 4.90 Å². The van der Waals surface area contributed by atoms with E-state index in [0.29, 0.717) is 6.04 Å². The molecule has 2 heteroatoms. The van der Waals surface area contributed by atoms with E-state index in [-0.39, 0.29) is 0 Å². The zero-order chi connectivity index (χ0) is 13.5. The first kappa shape index (κ1) is 14.5. The number of nitrogens with zero attached hydrogens (tertiary/aromatic N) is 1. The summed E-state index contributed by atoms with van der Waals surface area (Å²) in [6.45, 7) is 9.20. The van der Waals surface area contributed by atoms with Crippen LogP contribution in [0.4, 0.5) is 0 Å². The molecule has 2 nitrogen and oxygen atoms in total. The molecule has 106 valence electrons. The van der Waals surface area contributed by atoms with Crippen molar-refractivity contribution in [3.05, 3.63) is 35.4 Å². The lowest BCUT2D eigenvalue weighted by Gasteiger charge is -2.28. The minimum atomic E-state index is 0.699. The number of rotatable bonds is 6. The lowest BCUT2D eigenvalue weighted by Crippen LogP contribution is -2.33. The molecular weight excluding hydrogens is 232 g/mol. The lowest BCUT2D eigenvalue weighted by atomic mass is 10.0. The van der Waals surface area contributed by atoms with Crippen molar-refractivity contribution in [1.29, 1.82) is 0 Å². The van der Waals surface area contributed by atoms with Gasteiger partial charge in [-0.2, -0.15) is 0 Å². The highest BCUT2D eigenvalue weighted by atomic mass is 15.1. The molecule has 1 unspecified atom stereocenters. The van der Waals surface area contributed by atoms with Crippen LogP contribution in [0.2, 0.25) is 0 Å². The summed E-state index contributed by atoms with van der Waals surface area (Å²) in [5.74, 6) is 0. The normalized spacial score (nSPS) is 17.8. The molecule has 0 radical (unpaired) electrons. The van der Waals surface area contributed by atoms with Crippen LogP contribution in [0.3, 0.4) is 0 Å². The molecule has 0 aromatic heterocycles. The smallest absolute Gasteiger partial charge is 0.0239 e. The van der Waals surface area contributed by atoms with Gasteiger partial charge in [0.15, 0.2) is 0 Å². The third-order valence-electron chi connectivity index (χ3n) is 4.23. The maximum absolute atomic E-state index is 3.42. The Morgan fingerprint density at radius 1 is 1.26 bits per heavy atom. The fourth-order valence-electron chi connectivity index (χ4n) is 2.98. The highest BCUT2D eigenvalue weighted by molar-refractivity contribution is 5.28. The standard InChI is InChI=1S/C17H28N2/c1-3-18-12-6-8-15(2)19-13-7-11-16-9-4-5-10-17(16)14-19/h4-5,9-10,15,18H,3,6-8,11-14H2,1-2H3. The SMILES string of the molecule is CCNCCCC(C)N1CCCc2ccccc2C1. The van der Waals surface area contributed by atoms with Crippen LogP contribution in [0, 0.1) is 0 Å². The summed E-state index contributed by atoms with van der Waals surface area (Å²) in [7, 11) is 0. The number of fused-ring (bicyclic) bond motifs is 1. The molecule has 0 amide bonds. The molecular formula is C17H28N2. The average molecular weight is 260 g/mol. The Morgan fingerprint density at radius 3 is 2.84 bits per heavy atom. The second-order valence-corrected chi connectivity index (χ2v) is 5.69. The summed E-state index contributed by atoms with van der Waals surface area (Å²) in [4.78, 5) is 2.66. The van der Waals surface area contributed by atoms with Crippen LogP contribution in [0.25, 0.3) is 0 Å². The molecule has 19 heavy (non-hydrogen) atoms. The maximum atomic E-state index is 3.42. The van der Waals surface area contributed by atoms with Gasteiger partial charge >= 0.3 is 0 Å². The van der Waals surface area contributed by atoms with Gasteiger partial charge in [0, 0.05) is 12.6 Å². The highest BCUT2D eigenvalue weighted by Gasteiger charge is 2.18. The van der Waals surface area contributed by atoms with Crippen molar-refractivity contribution in [2.24, 2.45) is 0 Å². The monoisotopic (exact) mass is 260 g/mol. The van der Waals surface area contributed by atoms with Gasteiger partial charge in [-0.25, -0.2) is 0 Å². The van der Waals surface area contributed by atoms with E-state index in [0.717, 1.165) is 19.6 Å². The Morgan fingerprint density at radius 2 is 2.05 bits per heavy atom. The van der Waals surface area contributed by atoms with Crippen molar-refractivity contribution in [2.45, 2.75) is 52.1 Å². The van der Waals surface area contributed by atoms with E-state index in [9.17, 15) is 0 Å². The fraction of sp³-hybridized carbons (Fsp3) is 0.647. The van der Waals surface area contributed by atoms with Gasteiger partial charge in [-0.1, -0.05) is 31.2 Å². The molecule has 1 aliphatic heterocycles. The molecule has 0 fully saturated rings. The first-order valence-corrected chi connectivity index (χ1v) is 7.82. The largest absolute Gasteiger partial charge is 0.317 e. The Labute approximate surface area is 118 Å². The minimum absolute atomic E-state index is 0.699. The summed E-state index contributed by atoms with van der Waals surface area (Å²) < 4.78 is 0. The van der Waals surface area contributed by atoms with E-state index in [1.54, 1.807) is 11.1 Å². The van der Waals surface area contributed by atoms with E-state index >= 15 is 0 Å². The molecule has 1 aromatic carbocycles. The van der Waals surface area contributed by atoms with Gasteiger partial charge in [0.25, 0.3) is 0 Å². The van der Waals surface area contributed by atoms with Crippen molar-refractivity contribution >= 4 is 0 Å². The summed E-state index contributed by atoms with van der Waals surface area (Å²) in [6, 6.07) is 9.66. The van der Waals surface area contributed by atoms with Gasteiger partial charge in [0.1, 0.15) is 0 Å². The topological polar surface area (TPSA) is 15.3 Å². The zero-order valence-corrected chi connectivity index (χ0v) is 12.5. The molecule has 2 rings (SSSR count). The Bertz CT molecular complexity index is 375. The van der Waals surface area contributed by atoms with E-state index in [1.807, 2.05) is 0 Å². The van der Waals surface area contributed by atoms with Crippen LogP contribution in [0.5, 0.6) is 0 Å². The minimum Gasteiger partial charge on any atom is -0.317 e. The number of aryl methyl sites for hydroxylation is 1. The summed E-state index contributed by atoms with van der Waals surface area (Å²) in [6.07, 6.45) is 5.13. The second-order valence-electron chi connectivity index (χ2n) is 5.69. The molecule has 1 heterocycles. The van der Waals surface area contributed by atoms with Gasteiger partial charge in [-0.15, -0.1) is 0 Å². The van der Waals surface area contributed by atoms with Crippen LogP contribution in [0.1, 0.15) is 44.2 Å². The van der Waals surface area contributed by atoms with Crippen LogP contribution in [-0.4, -0.2) is 30.6 Å². The van der Waals surface area contributed by atoms with Crippen LogP contribution in [-0.2, 0) is 13.0 Å². The van der Waals surface area contributed by atoms with Crippen LogP contribution >= 0.6 is 0 Å². The van der Waals surface area contributed by atoms with Crippen molar-refractivity contribution in [1.82, 2.24) is 10.2 Å². The van der Waals surface area contributed by atoms with Crippen LogP contribution < -0.4 is 5.32 Å². The predicted octanol–water partition coefficient (Wildman–Crippen LogP) is 3.21. The average Bonchev–Trinajstić information content (AvgIpc) is 2.65. The molecule has 1 N–H and O–H groups in total. The quantitative estimate of drug-likeness (QED) is 0.790. The van der Waals surface area contributed by atoms with Crippen molar-refractivity contribution in [3.8, 4) is 0 Å². The summed E-state index contributed by atoms with van der Waals surface area (Å²) in [5, 5.41) is 3.42. The summed E-state index contributed by atoms with van der Waals surface area (Å²) >= 11 is 0. The predicted molar refractivity (Wildman–Crippen MR) is 82.4 cm³/mol. The number of benzene rings is 1. The second kappa shape index (κ2) is 7.66. The van der Waals surface area contributed by atoms with E-state index in [1.165, 1.54) is 32.2 Å². The maximum Gasteiger partial charge on any atom is 0.0239 e. The summed E-state index contributed by atoms with van der Waals surface area (Å²) in [5.41, 5.74) is 3.10. The van der Waals surface area contributed by atoms with E-state index in [4.69, 9.17) is 0 Å². The molecule has 1 atom stereocenters. The number of hydrogen-bond donors (Lipinski definition) is 1. The Hall–Kier alpha value is -0.860. The van der Waals surface area contributed by atoms with Gasteiger partial charge in [-0.05, 0) is 63.4 Å². The zero-order valence-electron chi connectivity index (χ0n) is 12.5. The Balaban J connectivity index is 1.87. The molecule has 0 saturated carbocycles. The third-order valence-corrected chi connectivity index (χ3v) is 4.23. The first-order chi connectivity index (χ1) is 9.31. The highest BCUT2D eigenvalue weighted by Crippen LogP contribution is 2.21. The van der Waals surface area contributed by atoms with Gasteiger partial charge < -0.3 is 5.32 Å². The third kappa shape index (κ3) is 4.32. The van der Waals surface area contributed by atoms with Gasteiger partial charge in [0.05, 0.1) is 0 Å². The van der Waals surface area contributed by atoms with Crippen molar-refractivity contribution < 1.29 is 0 Å². The Kier molecular flexibility index (Phi) is 5.87. The van der Waals surface area contributed by atoms with Crippen LogP contribution in [0.15, 0.2) is 24.3 Å². The first-order valence-electron chi connectivity index (χ1n) is 7.82. The fourth-order valence-corrected chi connectivity index (χ4v) is 2.98. The molecule has 0 saturated heterocycles. The molecule has 0 spiro atoms. The van der Waals surface area contributed by atoms with Gasteiger partial charge in [0.2, 0.25) is 0 Å².